The van der Waals surface area contributed by atoms with E-state index in [2.05, 4.69) is 15.6 Å². The van der Waals surface area contributed by atoms with Gasteiger partial charge in [-0.2, -0.15) is 0 Å². The van der Waals surface area contributed by atoms with E-state index in [0.717, 1.165) is 0 Å². The minimum Gasteiger partial charge on any atom is -0.467 e. The summed E-state index contributed by atoms with van der Waals surface area (Å²) >= 11 is 0. The van der Waals surface area contributed by atoms with Crippen LogP contribution in [0.4, 0.5) is 10.5 Å². The summed E-state index contributed by atoms with van der Waals surface area (Å²) in [7, 11) is 1.22. The van der Waals surface area contributed by atoms with Crippen LogP contribution in [0, 0.1) is 0 Å². The van der Waals surface area contributed by atoms with Gasteiger partial charge in [0.05, 0.1) is 7.11 Å². The molecule has 2 amide bonds. The SMILES string of the molecule is COC(=O)C(NC(=O)OC(C)(C)C)c1ccc(C(=O)Nc2ccncc2)cc1. The molecule has 0 aliphatic carbocycles. The minimum atomic E-state index is -1.06. The standard InChI is InChI=1S/C20H23N3O5/c1-20(2,3)28-19(26)23-16(18(25)27-4)13-5-7-14(8-6-13)17(24)22-15-9-11-21-12-10-15/h5-12,16H,1-4H3,(H,23,26)(H,21,22,24). The fourth-order valence-electron chi connectivity index (χ4n) is 2.29. The van der Waals surface area contributed by atoms with Crippen molar-refractivity contribution in [2.24, 2.45) is 0 Å². The van der Waals surface area contributed by atoms with Crippen molar-refractivity contribution in [3.8, 4) is 0 Å². The van der Waals surface area contributed by atoms with E-state index in [0.29, 0.717) is 16.8 Å². The van der Waals surface area contributed by atoms with Crippen LogP contribution in [0.1, 0.15) is 42.7 Å². The van der Waals surface area contributed by atoms with E-state index in [1.165, 1.54) is 7.11 Å². The first-order valence-electron chi connectivity index (χ1n) is 8.58. The number of nitrogens with zero attached hydrogens (tertiary/aromatic N) is 1. The summed E-state index contributed by atoms with van der Waals surface area (Å²) in [4.78, 5) is 40.3. The third-order valence-electron chi connectivity index (χ3n) is 3.54. The molecule has 0 aliphatic rings. The lowest BCUT2D eigenvalue weighted by Crippen LogP contribution is -2.38. The van der Waals surface area contributed by atoms with Gasteiger partial charge in [0.25, 0.3) is 5.91 Å². The number of pyridine rings is 1. The summed E-state index contributed by atoms with van der Waals surface area (Å²) in [5.74, 6) is -0.965. The van der Waals surface area contributed by atoms with Crippen molar-refractivity contribution in [3.63, 3.8) is 0 Å². The third kappa shape index (κ3) is 6.08. The number of hydrogen-bond donors (Lipinski definition) is 2. The van der Waals surface area contributed by atoms with Gasteiger partial charge in [0.15, 0.2) is 6.04 Å². The molecule has 0 spiro atoms. The second kappa shape index (κ2) is 8.98. The molecule has 0 saturated carbocycles. The van der Waals surface area contributed by atoms with Crippen molar-refractivity contribution in [1.29, 1.82) is 0 Å². The fraction of sp³-hybridized carbons (Fsp3) is 0.300. The van der Waals surface area contributed by atoms with Gasteiger partial charge in [-0.25, -0.2) is 9.59 Å². The van der Waals surface area contributed by atoms with Crippen LogP contribution in [0.25, 0.3) is 0 Å². The highest BCUT2D eigenvalue weighted by atomic mass is 16.6. The fourth-order valence-corrected chi connectivity index (χ4v) is 2.29. The lowest BCUT2D eigenvalue weighted by Gasteiger charge is -2.22. The zero-order valence-electron chi connectivity index (χ0n) is 16.2. The summed E-state index contributed by atoms with van der Waals surface area (Å²) in [6, 6.07) is 8.53. The Morgan fingerprint density at radius 1 is 1.00 bits per heavy atom. The maximum atomic E-state index is 12.3. The number of anilines is 1. The second-order valence-corrected chi connectivity index (χ2v) is 6.91. The van der Waals surface area contributed by atoms with Crippen LogP contribution in [0.3, 0.4) is 0 Å². The number of amides is 2. The van der Waals surface area contributed by atoms with Gasteiger partial charge >= 0.3 is 12.1 Å². The van der Waals surface area contributed by atoms with Crippen molar-refractivity contribution in [2.45, 2.75) is 32.4 Å². The molecule has 2 N–H and O–H groups in total. The van der Waals surface area contributed by atoms with Crippen LogP contribution in [0.2, 0.25) is 0 Å². The molecule has 0 saturated heterocycles. The molecule has 0 radical (unpaired) electrons. The summed E-state index contributed by atoms with van der Waals surface area (Å²) < 4.78 is 9.95. The van der Waals surface area contributed by atoms with Crippen LogP contribution >= 0.6 is 0 Å². The van der Waals surface area contributed by atoms with E-state index < -0.39 is 23.7 Å². The number of aromatic nitrogens is 1. The molecule has 148 valence electrons. The van der Waals surface area contributed by atoms with Gasteiger partial charge in [-0.05, 0) is 50.6 Å². The van der Waals surface area contributed by atoms with Crippen LogP contribution in [-0.2, 0) is 14.3 Å². The number of carbonyl (C=O) groups excluding carboxylic acids is 3. The van der Waals surface area contributed by atoms with E-state index in [4.69, 9.17) is 9.47 Å². The van der Waals surface area contributed by atoms with Crippen molar-refractivity contribution in [3.05, 3.63) is 59.9 Å². The third-order valence-corrected chi connectivity index (χ3v) is 3.54. The summed E-state index contributed by atoms with van der Waals surface area (Å²) in [5, 5.41) is 5.22. The summed E-state index contributed by atoms with van der Waals surface area (Å²) in [6.07, 6.45) is 2.40. The van der Waals surface area contributed by atoms with Crippen molar-refractivity contribution >= 4 is 23.7 Å². The molecule has 1 unspecified atom stereocenters. The van der Waals surface area contributed by atoms with Crippen molar-refractivity contribution in [1.82, 2.24) is 10.3 Å². The van der Waals surface area contributed by atoms with Gasteiger partial charge in [0, 0.05) is 23.6 Å². The van der Waals surface area contributed by atoms with Crippen LogP contribution in [0.15, 0.2) is 48.8 Å². The highest BCUT2D eigenvalue weighted by Gasteiger charge is 2.26. The number of benzene rings is 1. The zero-order valence-corrected chi connectivity index (χ0v) is 16.2. The molecule has 8 nitrogen and oxygen atoms in total. The first-order valence-corrected chi connectivity index (χ1v) is 8.58. The van der Waals surface area contributed by atoms with E-state index in [1.807, 2.05) is 0 Å². The molecule has 2 aromatic rings. The number of carbonyl (C=O) groups is 3. The molecule has 1 aromatic carbocycles. The van der Waals surface area contributed by atoms with Crippen LogP contribution in [0.5, 0.6) is 0 Å². The Hall–Kier alpha value is -3.42. The number of nitrogens with one attached hydrogen (secondary N) is 2. The predicted molar refractivity (Wildman–Crippen MR) is 103 cm³/mol. The summed E-state index contributed by atoms with van der Waals surface area (Å²) in [6.45, 7) is 5.15. The van der Waals surface area contributed by atoms with Gasteiger partial charge in [0.2, 0.25) is 0 Å². The molecule has 8 heteroatoms. The van der Waals surface area contributed by atoms with E-state index in [9.17, 15) is 14.4 Å². The first-order chi connectivity index (χ1) is 13.2. The Bertz CT molecular complexity index is 829. The largest absolute Gasteiger partial charge is 0.467 e. The molecular weight excluding hydrogens is 362 g/mol. The molecular formula is C20H23N3O5. The predicted octanol–water partition coefficient (Wildman–Crippen LogP) is 3.07. The van der Waals surface area contributed by atoms with Crippen LogP contribution < -0.4 is 10.6 Å². The minimum absolute atomic E-state index is 0.313. The monoisotopic (exact) mass is 385 g/mol. The number of methoxy groups -OCH3 is 1. The van der Waals surface area contributed by atoms with Gasteiger partial charge in [-0.3, -0.25) is 9.78 Å². The highest BCUT2D eigenvalue weighted by Crippen LogP contribution is 2.18. The van der Waals surface area contributed by atoms with Crippen LogP contribution in [-0.4, -0.2) is 35.7 Å². The number of esters is 1. The Labute approximate surface area is 163 Å². The maximum Gasteiger partial charge on any atom is 0.408 e. The van der Waals surface area contributed by atoms with Crippen molar-refractivity contribution in [2.75, 3.05) is 12.4 Å². The average molecular weight is 385 g/mol. The summed E-state index contributed by atoms with van der Waals surface area (Å²) in [5.41, 5.74) is 0.752. The Kier molecular flexibility index (Phi) is 6.70. The molecule has 0 aliphatic heterocycles. The van der Waals surface area contributed by atoms with E-state index in [1.54, 1.807) is 69.6 Å². The van der Waals surface area contributed by atoms with Gasteiger partial charge in [0.1, 0.15) is 5.60 Å². The Morgan fingerprint density at radius 2 is 1.61 bits per heavy atom. The van der Waals surface area contributed by atoms with E-state index in [-0.39, 0.29) is 5.91 Å². The smallest absolute Gasteiger partial charge is 0.408 e. The van der Waals surface area contributed by atoms with Crippen molar-refractivity contribution < 1.29 is 23.9 Å². The number of rotatable bonds is 5. The number of ether oxygens (including phenoxy) is 2. The molecule has 2 rings (SSSR count). The second-order valence-electron chi connectivity index (χ2n) is 6.91. The highest BCUT2D eigenvalue weighted by molar-refractivity contribution is 6.04. The van der Waals surface area contributed by atoms with Gasteiger partial charge < -0.3 is 20.1 Å². The lowest BCUT2D eigenvalue weighted by atomic mass is 10.0. The number of hydrogen-bond acceptors (Lipinski definition) is 6. The quantitative estimate of drug-likeness (QED) is 0.766. The lowest BCUT2D eigenvalue weighted by molar-refractivity contribution is -0.143. The topological polar surface area (TPSA) is 107 Å². The molecule has 0 fully saturated rings. The molecule has 0 bridgehead atoms. The zero-order chi connectivity index (χ0) is 20.7. The Morgan fingerprint density at radius 3 is 2.14 bits per heavy atom. The van der Waals surface area contributed by atoms with E-state index >= 15 is 0 Å². The number of alkyl carbamates (subject to hydrolysis) is 1. The molecule has 1 heterocycles. The molecule has 1 aromatic heterocycles. The maximum absolute atomic E-state index is 12.3. The average Bonchev–Trinajstić information content (AvgIpc) is 2.65. The molecule has 1 atom stereocenters. The first kappa shape index (κ1) is 20.9. The Balaban J connectivity index is 2.13. The normalized spacial score (nSPS) is 11.9. The van der Waals surface area contributed by atoms with Gasteiger partial charge in [-0.15, -0.1) is 0 Å². The van der Waals surface area contributed by atoms with Gasteiger partial charge in [-0.1, -0.05) is 12.1 Å². The molecule has 28 heavy (non-hydrogen) atoms.